The van der Waals surface area contributed by atoms with Crippen molar-refractivity contribution in [2.24, 2.45) is 5.73 Å². The molecule has 1 aliphatic carbocycles. The molecule has 0 aliphatic heterocycles. The summed E-state index contributed by atoms with van der Waals surface area (Å²) in [5.74, 6) is -0.339. The number of nitrogens with two attached hydrogens (primary N) is 1. The van der Waals surface area contributed by atoms with Crippen molar-refractivity contribution in [2.45, 2.75) is 45.6 Å². The van der Waals surface area contributed by atoms with Gasteiger partial charge in [-0.3, -0.25) is 4.79 Å². The molecular weight excluding hydrogens is 332 g/mol. The SMILES string of the molecule is CCCc1c(-c2ccccc2)c(C(N)=O)c(C)n1C1CCc2ccccc21. The van der Waals surface area contributed by atoms with Crippen LogP contribution in [0.1, 0.15) is 58.7 Å². The summed E-state index contributed by atoms with van der Waals surface area (Å²) in [4.78, 5) is 12.5. The van der Waals surface area contributed by atoms with E-state index in [0.717, 1.165) is 42.5 Å². The largest absolute Gasteiger partial charge is 0.366 e. The Kier molecular flexibility index (Phi) is 4.61. The molecule has 0 fully saturated rings. The molecule has 0 saturated carbocycles. The number of aromatic nitrogens is 1. The van der Waals surface area contributed by atoms with Crippen molar-refractivity contribution in [1.29, 1.82) is 0 Å². The number of carbonyl (C=O) groups is 1. The second-order valence-electron chi connectivity index (χ2n) is 7.39. The number of hydrogen-bond acceptors (Lipinski definition) is 1. The first-order chi connectivity index (χ1) is 13.1. The van der Waals surface area contributed by atoms with Crippen LogP contribution >= 0.6 is 0 Å². The highest BCUT2D eigenvalue weighted by Crippen LogP contribution is 2.41. The van der Waals surface area contributed by atoms with Crippen molar-refractivity contribution in [2.75, 3.05) is 0 Å². The Morgan fingerprint density at radius 2 is 1.81 bits per heavy atom. The van der Waals surface area contributed by atoms with Gasteiger partial charge in [0.25, 0.3) is 5.91 Å². The van der Waals surface area contributed by atoms with E-state index in [-0.39, 0.29) is 11.9 Å². The molecule has 0 spiro atoms. The fraction of sp³-hybridized carbons (Fsp3) is 0.292. The molecule has 1 unspecified atom stereocenters. The Morgan fingerprint density at radius 1 is 1.11 bits per heavy atom. The van der Waals surface area contributed by atoms with Crippen LogP contribution in [0.25, 0.3) is 11.1 Å². The summed E-state index contributed by atoms with van der Waals surface area (Å²) in [6.07, 6.45) is 4.10. The summed E-state index contributed by atoms with van der Waals surface area (Å²) in [5.41, 5.74) is 13.7. The highest BCUT2D eigenvalue weighted by atomic mass is 16.1. The average molecular weight is 358 g/mol. The van der Waals surface area contributed by atoms with Gasteiger partial charge in [-0.05, 0) is 42.9 Å². The van der Waals surface area contributed by atoms with Gasteiger partial charge in [0.2, 0.25) is 0 Å². The van der Waals surface area contributed by atoms with Gasteiger partial charge in [-0.1, -0.05) is 67.9 Å². The topological polar surface area (TPSA) is 48.0 Å². The van der Waals surface area contributed by atoms with Crippen molar-refractivity contribution in [3.05, 3.63) is 82.7 Å². The standard InChI is InChI=1S/C24H26N2O/c1-3-9-21-23(18-11-5-4-6-12-18)22(24(25)27)16(2)26(21)20-15-14-17-10-7-8-13-19(17)20/h4-8,10-13,20H,3,9,14-15H2,1-2H3,(H2,25,27). The second kappa shape index (κ2) is 7.07. The molecule has 0 bridgehead atoms. The van der Waals surface area contributed by atoms with Gasteiger partial charge in [0.05, 0.1) is 11.6 Å². The number of nitrogens with zero attached hydrogens (tertiary/aromatic N) is 1. The molecular formula is C24H26N2O. The number of amides is 1. The van der Waals surface area contributed by atoms with E-state index in [1.165, 1.54) is 16.8 Å². The first kappa shape index (κ1) is 17.6. The van der Waals surface area contributed by atoms with Crippen LogP contribution in [0, 0.1) is 6.92 Å². The molecule has 2 N–H and O–H groups in total. The molecule has 3 heteroatoms. The summed E-state index contributed by atoms with van der Waals surface area (Å²) in [6, 6.07) is 19.2. The van der Waals surface area contributed by atoms with Crippen LogP contribution in [0.15, 0.2) is 54.6 Å². The van der Waals surface area contributed by atoms with Crippen LogP contribution in [0.2, 0.25) is 0 Å². The van der Waals surface area contributed by atoms with E-state index in [9.17, 15) is 4.79 Å². The molecule has 3 nitrogen and oxygen atoms in total. The summed E-state index contributed by atoms with van der Waals surface area (Å²) in [6.45, 7) is 4.24. The zero-order chi connectivity index (χ0) is 19.0. The maximum atomic E-state index is 12.5. The molecule has 0 saturated heterocycles. The minimum absolute atomic E-state index is 0.276. The van der Waals surface area contributed by atoms with Crippen LogP contribution in [0.5, 0.6) is 0 Å². The van der Waals surface area contributed by atoms with Crippen molar-refractivity contribution >= 4 is 5.91 Å². The Morgan fingerprint density at radius 3 is 2.52 bits per heavy atom. The fourth-order valence-corrected chi connectivity index (χ4v) is 4.69. The summed E-state index contributed by atoms with van der Waals surface area (Å²) in [7, 11) is 0. The molecule has 0 radical (unpaired) electrons. The fourth-order valence-electron chi connectivity index (χ4n) is 4.69. The molecule has 1 aromatic heterocycles. The average Bonchev–Trinajstić information content (AvgIpc) is 3.21. The monoisotopic (exact) mass is 358 g/mol. The van der Waals surface area contributed by atoms with E-state index < -0.39 is 0 Å². The van der Waals surface area contributed by atoms with Crippen molar-refractivity contribution in [3.8, 4) is 11.1 Å². The molecule has 27 heavy (non-hydrogen) atoms. The number of rotatable bonds is 5. The molecule has 3 aromatic rings. The highest BCUT2D eigenvalue weighted by Gasteiger charge is 2.31. The molecule has 2 aromatic carbocycles. The van der Waals surface area contributed by atoms with E-state index in [4.69, 9.17) is 5.73 Å². The molecule has 1 amide bonds. The van der Waals surface area contributed by atoms with E-state index in [2.05, 4.69) is 47.9 Å². The summed E-state index contributed by atoms with van der Waals surface area (Å²) in [5, 5.41) is 0. The Labute approximate surface area is 160 Å². The Balaban J connectivity index is 1.99. The third-order valence-corrected chi connectivity index (χ3v) is 5.76. The lowest BCUT2D eigenvalue weighted by Gasteiger charge is -2.21. The third kappa shape index (κ3) is 2.87. The lowest BCUT2D eigenvalue weighted by atomic mass is 9.98. The normalized spacial score (nSPS) is 15.7. The quantitative estimate of drug-likeness (QED) is 0.681. The van der Waals surface area contributed by atoms with E-state index in [1.54, 1.807) is 0 Å². The van der Waals surface area contributed by atoms with E-state index >= 15 is 0 Å². The van der Waals surface area contributed by atoms with Gasteiger partial charge >= 0.3 is 0 Å². The smallest absolute Gasteiger partial charge is 0.251 e. The summed E-state index contributed by atoms with van der Waals surface area (Å²) < 4.78 is 2.40. The Hall–Kier alpha value is -2.81. The first-order valence-corrected chi connectivity index (χ1v) is 9.80. The van der Waals surface area contributed by atoms with Gasteiger partial charge in [0.15, 0.2) is 0 Å². The lowest BCUT2D eigenvalue weighted by Crippen LogP contribution is -2.15. The van der Waals surface area contributed by atoms with Gasteiger partial charge < -0.3 is 10.3 Å². The number of hydrogen-bond donors (Lipinski definition) is 1. The Bertz CT molecular complexity index is 985. The van der Waals surface area contributed by atoms with Gasteiger partial charge in [-0.15, -0.1) is 0 Å². The lowest BCUT2D eigenvalue weighted by molar-refractivity contribution is 0.1000. The zero-order valence-electron chi connectivity index (χ0n) is 16.0. The van der Waals surface area contributed by atoms with Crippen LogP contribution in [0.4, 0.5) is 0 Å². The third-order valence-electron chi connectivity index (χ3n) is 5.76. The maximum absolute atomic E-state index is 12.5. The van der Waals surface area contributed by atoms with Crippen LogP contribution < -0.4 is 5.73 Å². The predicted octanol–water partition coefficient (Wildman–Crippen LogP) is 5.05. The number of benzene rings is 2. The molecule has 1 aliphatic rings. The second-order valence-corrected chi connectivity index (χ2v) is 7.39. The highest BCUT2D eigenvalue weighted by molar-refractivity contribution is 6.02. The van der Waals surface area contributed by atoms with Crippen molar-refractivity contribution in [3.63, 3.8) is 0 Å². The van der Waals surface area contributed by atoms with Crippen molar-refractivity contribution in [1.82, 2.24) is 4.57 Å². The molecule has 138 valence electrons. The predicted molar refractivity (Wildman–Crippen MR) is 110 cm³/mol. The van der Waals surface area contributed by atoms with E-state index in [0.29, 0.717) is 5.56 Å². The van der Waals surface area contributed by atoms with Crippen molar-refractivity contribution < 1.29 is 4.79 Å². The van der Waals surface area contributed by atoms with Crippen LogP contribution in [-0.4, -0.2) is 10.5 Å². The van der Waals surface area contributed by atoms with Gasteiger partial charge in [-0.25, -0.2) is 0 Å². The van der Waals surface area contributed by atoms with Gasteiger partial charge in [0.1, 0.15) is 0 Å². The van der Waals surface area contributed by atoms with Gasteiger partial charge in [0, 0.05) is 17.0 Å². The first-order valence-electron chi connectivity index (χ1n) is 9.80. The zero-order valence-corrected chi connectivity index (χ0v) is 16.0. The maximum Gasteiger partial charge on any atom is 0.251 e. The molecule has 4 rings (SSSR count). The van der Waals surface area contributed by atoms with Crippen LogP contribution in [0.3, 0.4) is 0 Å². The van der Waals surface area contributed by atoms with Gasteiger partial charge in [-0.2, -0.15) is 0 Å². The minimum atomic E-state index is -0.339. The summed E-state index contributed by atoms with van der Waals surface area (Å²) >= 11 is 0. The number of carbonyl (C=O) groups excluding carboxylic acids is 1. The van der Waals surface area contributed by atoms with Crippen LogP contribution in [-0.2, 0) is 12.8 Å². The minimum Gasteiger partial charge on any atom is -0.366 e. The number of aryl methyl sites for hydroxylation is 1. The van der Waals surface area contributed by atoms with E-state index in [1.807, 2.05) is 25.1 Å². The number of primary amides is 1. The number of fused-ring (bicyclic) bond motifs is 1. The molecule has 1 atom stereocenters. The molecule has 1 heterocycles.